The van der Waals surface area contributed by atoms with Crippen molar-refractivity contribution >= 4 is 16.3 Å². The highest BCUT2D eigenvalue weighted by Crippen LogP contribution is 2.20. The van der Waals surface area contributed by atoms with Gasteiger partial charge < -0.3 is 4.74 Å². The van der Waals surface area contributed by atoms with Crippen LogP contribution in [0.3, 0.4) is 0 Å². The van der Waals surface area contributed by atoms with Crippen LogP contribution >= 0.6 is 11.3 Å². The Bertz CT molecular complexity index is 931. The maximum atomic E-state index is 12.4. The highest BCUT2D eigenvalue weighted by Gasteiger charge is 2.13. The van der Waals surface area contributed by atoms with Gasteiger partial charge in [-0.25, -0.2) is 4.98 Å². The van der Waals surface area contributed by atoms with Gasteiger partial charge in [0.25, 0.3) is 5.56 Å². The minimum Gasteiger partial charge on any atom is -0.497 e. The number of fused-ring (bicyclic) bond motifs is 1. The molecule has 3 aromatic rings. The third-order valence-corrected chi connectivity index (χ3v) is 5.41. The maximum absolute atomic E-state index is 12.4. The van der Waals surface area contributed by atoms with Crippen LogP contribution in [-0.2, 0) is 13.1 Å². The molecule has 0 saturated carbocycles. The molecule has 0 bridgehead atoms. The van der Waals surface area contributed by atoms with Crippen LogP contribution < -0.4 is 10.3 Å². The number of nitrogens with zero attached hydrogens (tertiary/aromatic N) is 4. The van der Waals surface area contributed by atoms with Crippen molar-refractivity contribution in [3.05, 3.63) is 57.0 Å². The molecule has 0 aliphatic carbocycles. The average molecular weight is 372 g/mol. The van der Waals surface area contributed by atoms with Gasteiger partial charge in [-0.15, -0.1) is 0 Å². The third-order valence-electron chi connectivity index (χ3n) is 4.21. The first-order valence-electron chi connectivity index (χ1n) is 8.75. The van der Waals surface area contributed by atoms with E-state index in [1.54, 1.807) is 13.2 Å². The summed E-state index contributed by atoms with van der Waals surface area (Å²) in [5, 5.41) is 5.30. The second-order valence-corrected chi connectivity index (χ2v) is 7.51. The van der Waals surface area contributed by atoms with Gasteiger partial charge in [0.05, 0.1) is 12.8 Å². The largest absolute Gasteiger partial charge is 0.497 e. The second kappa shape index (κ2) is 7.97. The van der Waals surface area contributed by atoms with E-state index in [4.69, 9.17) is 4.74 Å². The van der Waals surface area contributed by atoms with Crippen LogP contribution in [-0.4, -0.2) is 33.2 Å². The van der Waals surface area contributed by atoms with Crippen LogP contribution in [0.5, 0.6) is 5.75 Å². The molecule has 0 unspecified atom stereocenters. The van der Waals surface area contributed by atoms with E-state index in [-0.39, 0.29) is 11.5 Å². The average Bonchev–Trinajstić information content (AvgIpc) is 3.07. The molecule has 0 amide bonds. The monoisotopic (exact) mass is 372 g/mol. The second-order valence-electron chi connectivity index (χ2n) is 6.53. The van der Waals surface area contributed by atoms with Crippen molar-refractivity contribution in [3.8, 4) is 5.75 Å². The predicted molar refractivity (Wildman–Crippen MR) is 104 cm³/mol. The fourth-order valence-corrected chi connectivity index (χ4v) is 3.61. The number of hydrogen-bond acceptors (Lipinski definition) is 6. The molecule has 0 atom stereocenters. The van der Waals surface area contributed by atoms with E-state index in [1.165, 1.54) is 21.4 Å². The Morgan fingerprint density at radius 3 is 2.58 bits per heavy atom. The molecule has 2 aromatic heterocycles. The minimum absolute atomic E-state index is 0.117. The van der Waals surface area contributed by atoms with E-state index in [1.807, 2.05) is 12.1 Å². The number of rotatable bonds is 7. The summed E-state index contributed by atoms with van der Waals surface area (Å²) in [6.07, 6.45) is 0. The number of methoxy groups -OCH3 is 1. The van der Waals surface area contributed by atoms with Crippen molar-refractivity contribution in [1.82, 2.24) is 19.5 Å². The molecule has 138 valence electrons. The summed E-state index contributed by atoms with van der Waals surface area (Å²) in [6.45, 7) is 8.53. The third kappa shape index (κ3) is 4.11. The first-order valence-corrected chi connectivity index (χ1v) is 9.56. The molecule has 7 heteroatoms. The lowest BCUT2D eigenvalue weighted by molar-refractivity contribution is 0.268. The van der Waals surface area contributed by atoms with E-state index in [0.29, 0.717) is 11.5 Å². The van der Waals surface area contributed by atoms with Gasteiger partial charge in [0.2, 0.25) is 4.96 Å². The minimum atomic E-state index is -0.117. The molecule has 1 aromatic carbocycles. The highest BCUT2D eigenvalue weighted by atomic mass is 32.1. The van der Waals surface area contributed by atoms with Gasteiger partial charge in [-0.2, -0.15) is 9.61 Å². The van der Waals surface area contributed by atoms with E-state index >= 15 is 0 Å². The van der Waals surface area contributed by atoms with Gasteiger partial charge in [-0.1, -0.05) is 44.2 Å². The number of hydrogen-bond donors (Lipinski definition) is 0. The summed E-state index contributed by atoms with van der Waals surface area (Å²) in [7, 11) is 1.66. The van der Waals surface area contributed by atoms with Crippen molar-refractivity contribution in [1.29, 1.82) is 0 Å². The number of aromatic nitrogens is 3. The Morgan fingerprint density at radius 1 is 1.23 bits per heavy atom. The van der Waals surface area contributed by atoms with Crippen LogP contribution in [0.1, 0.15) is 43.0 Å². The smallest absolute Gasteiger partial charge is 0.275 e. The van der Waals surface area contributed by atoms with Crippen molar-refractivity contribution in [2.24, 2.45) is 0 Å². The highest BCUT2D eigenvalue weighted by molar-refractivity contribution is 7.16. The molecule has 2 heterocycles. The Balaban J connectivity index is 1.79. The number of benzene rings is 1. The van der Waals surface area contributed by atoms with Crippen molar-refractivity contribution in [2.45, 2.75) is 39.8 Å². The lowest BCUT2D eigenvalue weighted by atomic mass is 10.2. The normalized spacial score (nSPS) is 11.6. The van der Waals surface area contributed by atoms with Gasteiger partial charge >= 0.3 is 0 Å². The fourth-order valence-electron chi connectivity index (χ4n) is 2.68. The van der Waals surface area contributed by atoms with E-state index in [0.717, 1.165) is 29.5 Å². The zero-order valence-corrected chi connectivity index (χ0v) is 16.4. The van der Waals surface area contributed by atoms with Crippen LogP contribution in [0.25, 0.3) is 4.96 Å². The van der Waals surface area contributed by atoms with E-state index in [9.17, 15) is 4.79 Å². The first-order chi connectivity index (χ1) is 12.5. The maximum Gasteiger partial charge on any atom is 0.275 e. The fraction of sp³-hybridized carbons (Fsp3) is 0.421. The van der Waals surface area contributed by atoms with Crippen LogP contribution in [0.4, 0.5) is 0 Å². The summed E-state index contributed by atoms with van der Waals surface area (Å²) < 4.78 is 6.61. The van der Waals surface area contributed by atoms with Crippen molar-refractivity contribution < 1.29 is 4.74 Å². The van der Waals surface area contributed by atoms with Gasteiger partial charge in [0.1, 0.15) is 10.8 Å². The van der Waals surface area contributed by atoms with Gasteiger partial charge in [0, 0.05) is 25.1 Å². The van der Waals surface area contributed by atoms with Crippen molar-refractivity contribution in [2.75, 3.05) is 13.7 Å². The summed E-state index contributed by atoms with van der Waals surface area (Å²) in [6, 6.07) is 9.64. The van der Waals surface area contributed by atoms with E-state index in [2.05, 4.69) is 47.9 Å². The number of ether oxygens (including phenoxy) is 1. The SMILES string of the molecule is CCN(Cc1ccc(OC)cc1)Cc1cc(=O)n2nc(C(C)C)sc2n1. The Morgan fingerprint density at radius 2 is 1.96 bits per heavy atom. The van der Waals surface area contributed by atoms with E-state index < -0.39 is 0 Å². The molecule has 0 saturated heterocycles. The zero-order chi connectivity index (χ0) is 18.7. The molecular formula is C19H24N4O2S. The molecule has 0 aliphatic rings. The lowest BCUT2D eigenvalue weighted by Gasteiger charge is -2.20. The van der Waals surface area contributed by atoms with Gasteiger partial charge in [-0.05, 0) is 24.2 Å². The molecule has 3 rings (SSSR count). The van der Waals surface area contributed by atoms with Crippen LogP contribution in [0.2, 0.25) is 0 Å². The lowest BCUT2D eigenvalue weighted by Crippen LogP contribution is -2.25. The van der Waals surface area contributed by atoms with Gasteiger partial charge in [-0.3, -0.25) is 9.69 Å². The van der Waals surface area contributed by atoms with Crippen LogP contribution in [0.15, 0.2) is 35.1 Å². The van der Waals surface area contributed by atoms with Crippen LogP contribution in [0, 0.1) is 0 Å². The summed E-state index contributed by atoms with van der Waals surface area (Å²) >= 11 is 1.48. The topological polar surface area (TPSA) is 59.7 Å². The Kier molecular flexibility index (Phi) is 5.68. The molecule has 0 radical (unpaired) electrons. The molecule has 0 aliphatic heterocycles. The summed E-state index contributed by atoms with van der Waals surface area (Å²) in [4.78, 5) is 19.9. The molecule has 0 spiro atoms. The molecule has 0 N–H and O–H groups in total. The first kappa shape index (κ1) is 18.5. The zero-order valence-electron chi connectivity index (χ0n) is 15.6. The Hall–Kier alpha value is -2.25. The summed E-state index contributed by atoms with van der Waals surface area (Å²) in [5.41, 5.74) is 1.86. The quantitative estimate of drug-likeness (QED) is 0.637. The standard InChI is InChI=1S/C19H24N4O2S/c1-5-22(11-14-6-8-16(25-4)9-7-14)12-15-10-17(24)23-19(20-15)26-18(21-23)13(2)3/h6-10,13H,5,11-12H2,1-4H3. The molecule has 0 fully saturated rings. The summed E-state index contributed by atoms with van der Waals surface area (Å²) in [5.74, 6) is 1.13. The molecular weight excluding hydrogens is 348 g/mol. The Labute approximate surface area is 157 Å². The predicted octanol–water partition coefficient (Wildman–Crippen LogP) is 3.31. The molecule has 26 heavy (non-hydrogen) atoms. The van der Waals surface area contributed by atoms with Crippen molar-refractivity contribution in [3.63, 3.8) is 0 Å². The molecule has 6 nitrogen and oxygen atoms in total. The van der Waals surface area contributed by atoms with Gasteiger partial charge in [0.15, 0.2) is 0 Å².